The predicted octanol–water partition coefficient (Wildman–Crippen LogP) is 4.00. The summed E-state index contributed by atoms with van der Waals surface area (Å²) < 4.78 is 3.12. The van der Waals surface area contributed by atoms with Crippen molar-refractivity contribution in [1.82, 2.24) is 20.3 Å². The van der Waals surface area contributed by atoms with Crippen molar-refractivity contribution in [2.45, 2.75) is 77.3 Å². The largest absolute Gasteiger partial charge is 0.398 e. The number of fused-ring (bicyclic) bond motifs is 1. The summed E-state index contributed by atoms with van der Waals surface area (Å²) in [5.41, 5.74) is 16.4. The van der Waals surface area contributed by atoms with E-state index in [2.05, 4.69) is 53.2 Å². The first kappa shape index (κ1) is 32.4. The van der Waals surface area contributed by atoms with Gasteiger partial charge in [-0.05, 0) is 106 Å². The van der Waals surface area contributed by atoms with Crippen molar-refractivity contribution in [2.24, 2.45) is 0 Å². The summed E-state index contributed by atoms with van der Waals surface area (Å²) in [4.78, 5) is 22.6. The molecule has 1 amide bonds. The van der Waals surface area contributed by atoms with Crippen LogP contribution in [0, 0.1) is 13.8 Å². The summed E-state index contributed by atoms with van der Waals surface area (Å²) in [6.07, 6.45) is 4.79. The van der Waals surface area contributed by atoms with Crippen LogP contribution in [0.25, 0.3) is 11.1 Å². The Hall–Kier alpha value is -2.59. The molecule has 1 saturated carbocycles. The van der Waals surface area contributed by atoms with E-state index in [4.69, 9.17) is 10.5 Å². The Bertz CT molecular complexity index is 1020. The molecule has 0 bridgehead atoms. The number of nitrogens with one attached hydrogen (secondary N) is 4. The Morgan fingerprint density at radius 2 is 1.92 bits per heavy atom. The predicted molar refractivity (Wildman–Crippen MR) is 156 cm³/mol. The quantitative estimate of drug-likeness (QED) is 0.164. The summed E-state index contributed by atoms with van der Waals surface area (Å²) >= 11 is 1.61. The summed E-state index contributed by atoms with van der Waals surface area (Å²) in [5, 5.41) is 14.8. The number of aliphatic hydroxyl groups is 1. The second-order valence-electron chi connectivity index (χ2n) is 8.75. The molecule has 1 aromatic carbocycles. The molecular formula is C28H45N5O3S. The number of amides is 1. The van der Waals surface area contributed by atoms with Crippen LogP contribution >= 0.6 is 11.9 Å². The first-order chi connectivity index (χ1) is 17.8. The van der Waals surface area contributed by atoms with E-state index in [1.807, 2.05) is 33.8 Å². The molecule has 1 unspecified atom stereocenters. The Labute approximate surface area is 226 Å². The molecule has 2 aliphatic carbocycles. The summed E-state index contributed by atoms with van der Waals surface area (Å²) in [6, 6.07) is 6.85. The van der Waals surface area contributed by atoms with E-state index in [9.17, 15) is 9.90 Å². The third-order valence-corrected chi connectivity index (χ3v) is 7.01. The van der Waals surface area contributed by atoms with Gasteiger partial charge in [-0.15, -0.1) is 0 Å². The van der Waals surface area contributed by atoms with Crippen LogP contribution in [0.1, 0.15) is 68.1 Å². The van der Waals surface area contributed by atoms with Gasteiger partial charge in [0, 0.05) is 46.7 Å². The van der Waals surface area contributed by atoms with Gasteiger partial charge in [0.25, 0.3) is 0 Å². The summed E-state index contributed by atoms with van der Waals surface area (Å²) in [6.45, 7) is 13.5. The van der Waals surface area contributed by atoms with Gasteiger partial charge >= 0.3 is 0 Å². The minimum absolute atomic E-state index is 0.337. The van der Waals surface area contributed by atoms with Crippen molar-refractivity contribution in [1.29, 1.82) is 0 Å². The lowest BCUT2D eigenvalue weighted by Gasteiger charge is -2.12. The number of anilines is 1. The lowest BCUT2D eigenvalue weighted by molar-refractivity contribution is -0.110. The van der Waals surface area contributed by atoms with Crippen LogP contribution in [-0.4, -0.2) is 55.6 Å². The molecule has 2 aromatic rings. The molecule has 2 aliphatic rings. The molecule has 0 aliphatic heterocycles. The zero-order valence-electron chi connectivity index (χ0n) is 23.2. The summed E-state index contributed by atoms with van der Waals surface area (Å²) in [7, 11) is 1.93. The third kappa shape index (κ3) is 9.66. The van der Waals surface area contributed by atoms with Crippen LogP contribution in [0.3, 0.4) is 0 Å². The first-order valence-corrected chi connectivity index (χ1v) is 13.7. The number of carbonyl (C=O) groups is 2. The fourth-order valence-electron chi connectivity index (χ4n) is 4.14. The molecule has 0 saturated heterocycles. The number of aliphatic hydroxyl groups excluding tert-OH is 1. The Morgan fingerprint density at radius 3 is 2.51 bits per heavy atom. The standard InChI is InChI=1S/C18H23N3S.C7H14N2O2.C2H6.CH2O/c1-10-12(3)21-18-14(10)6-7-15(18)11(2)16-9-13(22-20-4)5-8-17(16)19;10-5-8-3-7(11)4-9-6-1-2-6;2*1-2/h5,8-9,20-21H,6-7,19H2,1-4H3;5-7,9,11H,1-4H2,(H,8,10);1-2H3;1H2/b15-11+;;;. The third-order valence-electron chi connectivity index (χ3n) is 6.31. The number of aryl methyl sites for hydroxylation is 1. The van der Waals surface area contributed by atoms with Crippen molar-refractivity contribution in [2.75, 3.05) is 25.9 Å². The lowest BCUT2D eigenvalue weighted by atomic mass is 9.98. The lowest BCUT2D eigenvalue weighted by Crippen LogP contribution is -2.35. The van der Waals surface area contributed by atoms with Crippen LogP contribution < -0.4 is 21.1 Å². The Kier molecular flexibility index (Phi) is 14.9. The minimum atomic E-state index is -0.458. The highest BCUT2D eigenvalue weighted by atomic mass is 32.2. The van der Waals surface area contributed by atoms with Gasteiger partial charge in [0.1, 0.15) is 6.79 Å². The van der Waals surface area contributed by atoms with Crippen molar-refractivity contribution in [3.63, 3.8) is 0 Å². The van der Waals surface area contributed by atoms with Crippen molar-refractivity contribution in [3.8, 4) is 0 Å². The number of H-pyrrole nitrogens is 1. The molecular weight excluding hydrogens is 486 g/mol. The van der Waals surface area contributed by atoms with Gasteiger partial charge in [0.15, 0.2) is 0 Å². The van der Waals surface area contributed by atoms with Gasteiger partial charge in [0.05, 0.1) is 6.10 Å². The van der Waals surface area contributed by atoms with E-state index in [1.54, 1.807) is 11.9 Å². The highest BCUT2D eigenvalue weighted by molar-refractivity contribution is 7.97. The number of allylic oxidation sites excluding steroid dienone is 2. The zero-order valence-corrected chi connectivity index (χ0v) is 24.0. The molecule has 1 heterocycles. The number of hydrogen-bond acceptors (Lipinski definition) is 7. The molecule has 0 spiro atoms. The monoisotopic (exact) mass is 531 g/mol. The van der Waals surface area contributed by atoms with Crippen molar-refractivity contribution in [3.05, 3.63) is 46.3 Å². The van der Waals surface area contributed by atoms with Gasteiger partial charge in [0.2, 0.25) is 6.41 Å². The van der Waals surface area contributed by atoms with E-state index in [1.165, 1.54) is 51.4 Å². The second-order valence-corrected chi connectivity index (χ2v) is 9.83. The van der Waals surface area contributed by atoms with Crippen LogP contribution in [-0.2, 0) is 16.0 Å². The fraction of sp³-hybridized carbons (Fsp3) is 0.500. The number of hydrogen-bond donors (Lipinski definition) is 6. The number of nitrogen functional groups attached to an aromatic ring is 1. The molecule has 37 heavy (non-hydrogen) atoms. The maximum Gasteiger partial charge on any atom is 0.207 e. The maximum atomic E-state index is 9.82. The average Bonchev–Trinajstić information content (AvgIpc) is 3.60. The van der Waals surface area contributed by atoms with E-state index in [0.29, 0.717) is 25.5 Å². The van der Waals surface area contributed by atoms with Crippen LogP contribution in [0.4, 0.5) is 5.69 Å². The SMILES string of the molecule is C=O.CC.CNSc1ccc(N)c(/C(C)=C2\CCc3c2[nH]c(C)c3C)c1.O=CNCC(O)CNC1CC1. The molecule has 4 rings (SSSR count). The molecule has 8 nitrogen and oxygen atoms in total. The van der Waals surface area contributed by atoms with E-state index in [0.717, 1.165) is 24.1 Å². The molecule has 1 aromatic heterocycles. The normalized spacial score (nSPS) is 15.5. The number of nitrogens with two attached hydrogens (primary N) is 1. The van der Waals surface area contributed by atoms with Crippen molar-refractivity contribution >= 4 is 42.0 Å². The second kappa shape index (κ2) is 17.0. The number of aromatic nitrogens is 1. The molecule has 7 N–H and O–H groups in total. The number of rotatable bonds is 9. The highest BCUT2D eigenvalue weighted by Gasteiger charge is 2.24. The number of benzene rings is 1. The van der Waals surface area contributed by atoms with Gasteiger partial charge in [-0.3, -0.25) is 9.52 Å². The smallest absolute Gasteiger partial charge is 0.207 e. The van der Waals surface area contributed by atoms with Gasteiger partial charge in [-0.1, -0.05) is 13.8 Å². The minimum Gasteiger partial charge on any atom is -0.398 e. The van der Waals surface area contributed by atoms with Crippen LogP contribution in [0.2, 0.25) is 0 Å². The molecule has 9 heteroatoms. The zero-order chi connectivity index (χ0) is 28.0. The topological polar surface area (TPSA) is 132 Å². The van der Waals surface area contributed by atoms with Gasteiger partial charge in [-0.2, -0.15) is 0 Å². The van der Waals surface area contributed by atoms with Crippen molar-refractivity contribution < 1.29 is 14.7 Å². The summed E-state index contributed by atoms with van der Waals surface area (Å²) in [5.74, 6) is 0. The average molecular weight is 532 g/mol. The van der Waals surface area contributed by atoms with Crippen LogP contribution in [0.15, 0.2) is 23.1 Å². The fourth-order valence-corrected chi connectivity index (χ4v) is 4.69. The number of aromatic amines is 1. The van der Waals surface area contributed by atoms with Gasteiger partial charge in [-0.25, -0.2) is 0 Å². The maximum absolute atomic E-state index is 9.82. The molecule has 1 fully saturated rings. The van der Waals surface area contributed by atoms with Gasteiger partial charge < -0.3 is 31.3 Å². The van der Waals surface area contributed by atoms with E-state index in [-0.39, 0.29) is 0 Å². The molecule has 0 radical (unpaired) electrons. The molecule has 1 atom stereocenters. The highest BCUT2D eigenvalue weighted by Crippen LogP contribution is 2.41. The number of carbonyl (C=O) groups excluding carboxylic acids is 2. The van der Waals surface area contributed by atoms with E-state index < -0.39 is 6.10 Å². The Morgan fingerprint density at radius 1 is 1.24 bits per heavy atom. The van der Waals surface area contributed by atoms with E-state index >= 15 is 0 Å². The molecule has 206 valence electrons. The van der Waals surface area contributed by atoms with Crippen LogP contribution in [0.5, 0.6) is 0 Å². The Balaban J connectivity index is 0.000000385. The first-order valence-electron chi connectivity index (χ1n) is 12.8.